The third kappa shape index (κ3) is 1.92. The molecule has 0 nitrogen and oxygen atoms in total. The molecule has 1 unspecified atom stereocenters. The van der Waals surface area contributed by atoms with Crippen molar-refractivity contribution in [1.82, 2.24) is 0 Å². The minimum Gasteiger partial charge on any atom is -0.0995 e. The number of allylic oxidation sites excluding steroid dienone is 3. The van der Waals surface area contributed by atoms with Gasteiger partial charge in [-0.05, 0) is 85.5 Å². The summed E-state index contributed by atoms with van der Waals surface area (Å²) < 4.78 is 0. The van der Waals surface area contributed by atoms with Crippen LogP contribution in [-0.4, -0.2) is 0 Å². The molecule has 0 N–H and O–H groups in total. The first-order chi connectivity index (χ1) is 11.3. The molecule has 0 spiro atoms. The van der Waals surface area contributed by atoms with Crippen LogP contribution in [-0.2, 0) is 0 Å². The highest BCUT2D eigenvalue weighted by atomic mass is 14.6. The Morgan fingerprint density at radius 2 is 1.75 bits per heavy atom. The molecule has 132 valence electrons. The van der Waals surface area contributed by atoms with Gasteiger partial charge in [-0.2, -0.15) is 0 Å². The second-order valence-electron chi connectivity index (χ2n) is 9.92. The molecule has 4 aliphatic carbocycles. The maximum Gasteiger partial charge on any atom is 0.00178 e. The van der Waals surface area contributed by atoms with E-state index in [1.165, 1.54) is 61.7 Å². The van der Waals surface area contributed by atoms with Crippen molar-refractivity contribution in [2.75, 3.05) is 0 Å². The monoisotopic (exact) mass is 324 g/mol. The van der Waals surface area contributed by atoms with E-state index in [1.54, 1.807) is 0 Å². The minimum atomic E-state index is 0.237. The van der Waals surface area contributed by atoms with Gasteiger partial charge in [0.2, 0.25) is 0 Å². The number of hydrogen-bond acceptors (Lipinski definition) is 0. The lowest BCUT2D eigenvalue weighted by Gasteiger charge is -2.62. The summed E-state index contributed by atoms with van der Waals surface area (Å²) >= 11 is 0. The molecule has 0 saturated heterocycles. The number of hydrogen-bond donors (Lipinski definition) is 0. The van der Waals surface area contributed by atoms with E-state index < -0.39 is 0 Å². The zero-order valence-corrected chi connectivity index (χ0v) is 16.2. The van der Waals surface area contributed by atoms with Gasteiger partial charge in [-0.25, -0.2) is 0 Å². The average Bonchev–Trinajstić information content (AvgIpc) is 2.89. The third-order valence-electron chi connectivity index (χ3n) is 9.42. The van der Waals surface area contributed by atoms with Crippen molar-refractivity contribution in [3.63, 3.8) is 0 Å². The molecular weight excluding hydrogens is 288 g/mol. The minimum absolute atomic E-state index is 0.237. The maximum absolute atomic E-state index is 4.60. The smallest absolute Gasteiger partial charge is 0.00178 e. The maximum atomic E-state index is 4.60. The molecule has 0 aromatic heterocycles. The van der Waals surface area contributed by atoms with E-state index in [9.17, 15) is 0 Å². The lowest BCUT2D eigenvalue weighted by Crippen LogP contribution is -2.54. The molecule has 0 aromatic rings. The Balaban J connectivity index is 1.74. The average molecular weight is 325 g/mol. The summed E-state index contributed by atoms with van der Waals surface area (Å²) in [5.41, 5.74) is 5.07. The third-order valence-corrected chi connectivity index (χ3v) is 9.42. The molecule has 0 amide bonds. The second-order valence-corrected chi connectivity index (χ2v) is 9.92. The Bertz CT molecular complexity index is 595. The first-order valence-electron chi connectivity index (χ1n) is 10.4. The summed E-state index contributed by atoms with van der Waals surface area (Å²) in [7, 11) is 0. The van der Waals surface area contributed by atoms with Gasteiger partial charge in [0.1, 0.15) is 0 Å². The zero-order chi connectivity index (χ0) is 17.3. The van der Waals surface area contributed by atoms with Gasteiger partial charge in [0.05, 0.1) is 0 Å². The van der Waals surface area contributed by atoms with Gasteiger partial charge in [0, 0.05) is 5.41 Å². The first-order valence-corrected chi connectivity index (χ1v) is 10.4. The molecule has 0 heterocycles. The van der Waals surface area contributed by atoms with Gasteiger partial charge in [-0.1, -0.05) is 58.1 Å². The van der Waals surface area contributed by atoms with Crippen molar-refractivity contribution in [1.29, 1.82) is 0 Å². The van der Waals surface area contributed by atoms with E-state index in [-0.39, 0.29) is 5.41 Å². The van der Waals surface area contributed by atoms with Crippen LogP contribution in [0.5, 0.6) is 0 Å². The van der Waals surface area contributed by atoms with Gasteiger partial charge in [0.25, 0.3) is 0 Å². The van der Waals surface area contributed by atoms with Crippen LogP contribution in [0.15, 0.2) is 36.5 Å². The molecule has 4 rings (SSSR count). The highest BCUT2D eigenvalue weighted by Crippen LogP contribution is 2.69. The van der Waals surface area contributed by atoms with Crippen molar-refractivity contribution in [3.8, 4) is 0 Å². The fraction of sp³-hybridized carbons (Fsp3) is 0.750. The summed E-state index contributed by atoms with van der Waals surface area (Å²) in [6.07, 6.45) is 10.8. The highest BCUT2D eigenvalue weighted by Gasteiger charge is 2.61. The Labute approximate surface area is 149 Å². The molecular formula is C24H36. The topological polar surface area (TPSA) is 0 Å². The van der Waals surface area contributed by atoms with E-state index >= 15 is 0 Å². The molecule has 4 saturated carbocycles. The molecule has 0 radical (unpaired) electrons. The van der Waals surface area contributed by atoms with Crippen LogP contribution >= 0.6 is 0 Å². The first kappa shape index (κ1) is 16.7. The standard InChI is InChI=1S/C24H36/c1-7-18-9-11-21-19-14-16(3)20-10-8-15(2)17(4)24(20,6)22(19)12-13-23(18,21)5/h18-22H,2-4,7-14H2,1,5-6H3/t18-,19-,20?,21-,22-,23+,24-/m0/s1. The predicted octanol–water partition coefficient (Wildman–Crippen LogP) is 6.94. The van der Waals surface area contributed by atoms with Gasteiger partial charge in [0.15, 0.2) is 0 Å². The Morgan fingerprint density at radius 1 is 1.00 bits per heavy atom. The van der Waals surface area contributed by atoms with Gasteiger partial charge >= 0.3 is 0 Å². The summed E-state index contributed by atoms with van der Waals surface area (Å²) in [5.74, 6) is 4.18. The Morgan fingerprint density at radius 3 is 2.46 bits per heavy atom. The normalized spacial score (nSPS) is 51.1. The fourth-order valence-electron chi connectivity index (χ4n) is 8.01. The van der Waals surface area contributed by atoms with Crippen molar-refractivity contribution in [2.24, 2.45) is 40.4 Å². The van der Waals surface area contributed by atoms with Crippen molar-refractivity contribution < 1.29 is 0 Å². The summed E-state index contributed by atoms with van der Waals surface area (Å²) in [6.45, 7) is 21.1. The van der Waals surface area contributed by atoms with Crippen LogP contribution in [0, 0.1) is 40.4 Å². The van der Waals surface area contributed by atoms with Crippen molar-refractivity contribution >= 4 is 0 Å². The van der Waals surface area contributed by atoms with Crippen LogP contribution in [0.2, 0.25) is 0 Å². The molecule has 0 aliphatic heterocycles. The van der Waals surface area contributed by atoms with E-state index in [0.717, 1.165) is 30.1 Å². The lowest BCUT2D eigenvalue weighted by molar-refractivity contribution is -0.0641. The molecule has 0 aromatic carbocycles. The molecule has 24 heavy (non-hydrogen) atoms. The zero-order valence-electron chi connectivity index (χ0n) is 16.2. The molecule has 4 aliphatic rings. The quantitative estimate of drug-likeness (QED) is 0.458. The largest absolute Gasteiger partial charge is 0.0995 e. The van der Waals surface area contributed by atoms with Gasteiger partial charge < -0.3 is 0 Å². The van der Waals surface area contributed by atoms with Crippen LogP contribution in [0.1, 0.15) is 72.1 Å². The molecule has 0 heteroatoms. The molecule has 7 atom stereocenters. The summed E-state index contributed by atoms with van der Waals surface area (Å²) in [6, 6.07) is 0. The van der Waals surface area contributed by atoms with Crippen molar-refractivity contribution in [3.05, 3.63) is 36.5 Å². The highest BCUT2D eigenvalue weighted by molar-refractivity contribution is 5.40. The van der Waals surface area contributed by atoms with Crippen LogP contribution in [0.25, 0.3) is 0 Å². The predicted molar refractivity (Wildman–Crippen MR) is 104 cm³/mol. The van der Waals surface area contributed by atoms with E-state index in [1.807, 2.05) is 0 Å². The van der Waals surface area contributed by atoms with E-state index in [4.69, 9.17) is 0 Å². The Hall–Kier alpha value is -0.780. The summed E-state index contributed by atoms with van der Waals surface area (Å²) in [5, 5.41) is 0. The Kier molecular flexibility index (Phi) is 3.72. The van der Waals surface area contributed by atoms with Crippen LogP contribution < -0.4 is 0 Å². The van der Waals surface area contributed by atoms with Crippen molar-refractivity contribution in [2.45, 2.75) is 72.1 Å². The number of rotatable bonds is 1. The van der Waals surface area contributed by atoms with E-state index in [0.29, 0.717) is 11.3 Å². The van der Waals surface area contributed by atoms with Gasteiger partial charge in [-0.3, -0.25) is 0 Å². The van der Waals surface area contributed by atoms with Crippen LogP contribution in [0.3, 0.4) is 0 Å². The molecule has 4 fully saturated rings. The fourth-order valence-corrected chi connectivity index (χ4v) is 8.01. The lowest BCUT2D eigenvalue weighted by atomic mass is 9.43. The van der Waals surface area contributed by atoms with Gasteiger partial charge in [-0.15, -0.1) is 0 Å². The number of fused-ring (bicyclic) bond motifs is 5. The SMILES string of the molecule is C=C1CCC2C(=C)C[C@H]3[C@@H]4CC[C@H](CC)[C@@]4(C)CC[C@@H]3[C@@]2(C)C1=C. The van der Waals surface area contributed by atoms with Crippen LogP contribution in [0.4, 0.5) is 0 Å². The molecule has 0 bridgehead atoms. The second kappa shape index (κ2) is 5.36. The van der Waals surface area contributed by atoms with E-state index in [2.05, 4.69) is 40.5 Å². The summed E-state index contributed by atoms with van der Waals surface area (Å²) in [4.78, 5) is 0.